The third-order valence-electron chi connectivity index (χ3n) is 6.47. The third-order valence-corrected chi connectivity index (χ3v) is 7.94. The van der Waals surface area contributed by atoms with E-state index in [0.717, 1.165) is 45.7 Å². The molecule has 2 saturated heterocycles. The van der Waals surface area contributed by atoms with Gasteiger partial charge in [-0.05, 0) is 60.7 Å². The summed E-state index contributed by atoms with van der Waals surface area (Å²) in [6.07, 6.45) is 5.12. The normalized spacial score (nSPS) is 29.6. The van der Waals surface area contributed by atoms with Crippen LogP contribution in [0.4, 0.5) is 0 Å². The number of esters is 1. The van der Waals surface area contributed by atoms with E-state index >= 15 is 0 Å². The third kappa shape index (κ3) is 2.84. The Labute approximate surface area is 185 Å². The molecular weight excluding hydrogens is 468 g/mol. The maximum Gasteiger partial charge on any atom is 0.314 e. The molecule has 0 amide bonds. The second-order valence-corrected chi connectivity index (χ2v) is 10.5. The predicted octanol–water partition coefficient (Wildman–Crippen LogP) is 4.32. The van der Waals surface area contributed by atoms with E-state index in [4.69, 9.17) is 14.5 Å². The van der Waals surface area contributed by atoms with Gasteiger partial charge in [-0.1, -0.05) is 0 Å². The minimum Gasteiger partial charge on any atom is -0.430 e. The van der Waals surface area contributed by atoms with Crippen LogP contribution in [0.2, 0.25) is 0 Å². The largest absolute Gasteiger partial charge is 0.430 e. The fourth-order valence-electron chi connectivity index (χ4n) is 4.90. The van der Waals surface area contributed by atoms with Crippen LogP contribution in [0.3, 0.4) is 0 Å². The lowest BCUT2D eigenvalue weighted by Crippen LogP contribution is -2.30. The number of carbonyl (C=O) groups is 2. The van der Waals surface area contributed by atoms with Crippen molar-refractivity contribution in [1.29, 1.82) is 0 Å². The van der Waals surface area contributed by atoms with Crippen molar-refractivity contribution in [2.24, 2.45) is 17.8 Å². The average Bonchev–Trinajstić information content (AvgIpc) is 3.07. The van der Waals surface area contributed by atoms with Crippen LogP contribution in [0.1, 0.15) is 36.3 Å². The van der Waals surface area contributed by atoms with Crippen molar-refractivity contribution in [3.8, 4) is 10.7 Å². The second-order valence-electron chi connectivity index (χ2n) is 8.43. The van der Waals surface area contributed by atoms with Crippen molar-refractivity contribution in [3.63, 3.8) is 0 Å². The van der Waals surface area contributed by atoms with Crippen molar-refractivity contribution in [1.82, 2.24) is 9.97 Å². The molecule has 2 aromatic heterocycles. The quantitative estimate of drug-likeness (QED) is 0.598. The lowest BCUT2D eigenvalue weighted by molar-refractivity contribution is -0.142. The summed E-state index contributed by atoms with van der Waals surface area (Å²) in [5, 5.41) is 0.749. The zero-order chi connectivity index (χ0) is 20.6. The number of nitrogens with zero attached hydrogens (tertiary/aromatic N) is 2. The standard InChI is InChI=1S/C22H19BrN2O4S/c1-9-18(25-21(30-9)12-5-4-11(23)8-24-12)17-19(26)15-13-6-7-14(28-13)16(15)20(17)29-22(27)10-2-3-10/h4-5,8,10,13-16H,2-3,6-7H2,1H3/t13-,14+,15-,16+/m1/s1. The Hall–Kier alpha value is -1.90. The number of hydrogen-bond donors (Lipinski definition) is 0. The molecule has 4 aliphatic rings. The first-order valence-corrected chi connectivity index (χ1v) is 11.9. The highest BCUT2D eigenvalue weighted by molar-refractivity contribution is 9.10. The van der Waals surface area contributed by atoms with Crippen molar-refractivity contribution < 1.29 is 19.1 Å². The number of carbonyl (C=O) groups excluding carboxylic acids is 2. The number of Topliss-reactive ketones (excluding diaryl/α,β-unsaturated/α-hetero) is 1. The number of allylic oxidation sites excluding steroid dienone is 1. The Morgan fingerprint density at radius 2 is 1.97 bits per heavy atom. The van der Waals surface area contributed by atoms with Gasteiger partial charge in [0.2, 0.25) is 0 Å². The minimum atomic E-state index is -0.254. The summed E-state index contributed by atoms with van der Waals surface area (Å²) < 4.78 is 12.8. The number of aryl methyl sites for hydroxylation is 1. The van der Waals surface area contributed by atoms with Crippen LogP contribution in [0, 0.1) is 24.7 Å². The number of pyridine rings is 1. The molecule has 4 atom stereocenters. The van der Waals surface area contributed by atoms with Gasteiger partial charge in [0.05, 0.1) is 46.9 Å². The number of thiazole rings is 1. The fourth-order valence-corrected chi connectivity index (χ4v) is 6.03. The Bertz CT molecular complexity index is 1100. The summed E-state index contributed by atoms with van der Waals surface area (Å²) in [7, 11) is 0. The van der Waals surface area contributed by atoms with E-state index in [1.54, 1.807) is 6.20 Å². The van der Waals surface area contributed by atoms with Crippen LogP contribution in [0.15, 0.2) is 28.6 Å². The molecular formula is C22H19BrN2O4S. The molecule has 4 heterocycles. The maximum absolute atomic E-state index is 13.5. The second kappa shape index (κ2) is 6.80. The van der Waals surface area contributed by atoms with Crippen LogP contribution >= 0.6 is 27.3 Å². The number of rotatable bonds is 4. The highest BCUT2D eigenvalue weighted by Gasteiger charge is 2.60. The van der Waals surface area contributed by atoms with Crippen molar-refractivity contribution in [3.05, 3.63) is 39.1 Å². The van der Waals surface area contributed by atoms with Crippen LogP contribution in [0.25, 0.3) is 16.3 Å². The van der Waals surface area contributed by atoms with Crippen molar-refractivity contribution >= 4 is 44.6 Å². The predicted molar refractivity (Wildman–Crippen MR) is 113 cm³/mol. The van der Waals surface area contributed by atoms with Crippen LogP contribution in [-0.4, -0.2) is 33.9 Å². The van der Waals surface area contributed by atoms with E-state index in [1.807, 2.05) is 19.1 Å². The summed E-state index contributed by atoms with van der Waals surface area (Å²) in [4.78, 5) is 36.2. The average molecular weight is 487 g/mol. The molecule has 2 aromatic rings. The summed E-state index contributed by atoms with van der Waals surface area (Å²) in [6, 6.07) is 3.81. The molecule has 3 fully saturated rings. The number of aromatic nitrogens is 2. The van der Waals surface area contributed by atoms with Crippen LogP contribution < -0.4 is 0 Å². The molecule has 2 aliphatic carbocycles. The van der Waals surface area contributed by atoms with Gasteiger partial charge in [0.15, 0.2) is 5.78 Å². The highest BCUT2D eigenvalue weighted by Crippen LogP contribution is 2.55. The van der Waals surface area contributed by atoms with Gasteiger partial charge in [0, 0.05) is 15.5 Å². The van der Waals surface area contributed by atoms with Gasteiger partial charge in [-0.25, -0.2) is 4.98 Å². The number of halogens is 1. The summed E-state index contributed by atoms with van der Waals surface area (Å²) in [5.41, 5.74) is 1.86. The van der Waals surface area contributed by atoms with E-state index in [-0.39, 0.29) is 41.7 Å². The summed E-state index contributed by atoms with van der Waals surface area (Å²) in [6.45, 7) is 1.95. The lowest BCUT2D eigenvalue weighted by Gasteiger charge is -2.21. The molecule has 0 aromatic carbocycles. The number of ketones is 1. The van der Waals surface area contributed by atoms with E-state index in [9.17, 15) is 9.59 Å². The lowest BCUT2D eigenvalue weighted by atomic mass is 9.80. The molecule has 0 unspecified atom stereocenters. The Morgan fingerprint density at radius 1 is 1.20 bits per heavy atom. The highest BCUT2D eigenvalue weighted by atomic mass is 79.9. The zero-order valence-corrected chi connectivity index (χ0v) is 18.7. The summed E-state index contributed by atoms with van der Waals surface area (Å²) in [5.74, 6) is -0.166. The molecule has 6 nitrogen and oxygen atoms in total. The van der Waals surface area contributed by atoms with Gasteiger partial charge < -0.3 is 9.47 Å². The molecule has 154 valence electrons. The molecule has 0 radical (unpaired) electrons. The number of fused-ring (bicyclic) bond motifs is 5. The first kappa shape index (κ1) is 18.8. The molecule has 8 heteroatoms. The smallest absolute Gasteiger partial charge is 0.314 e. The molecule has 30 heavy (non-hydrogen) atoms. The van der Waals surface area contributed by atoms with Gasteiger partial charge in [-0.2, -0.15) is 0 Å². The first-order valence-electron chi connectivity index (χ1n) is 10.3. The molecule has 0 spiro atoms. The molecule has 0 N–H and O–H groups in total. The van der Waals surface area contributed by atoms with E-state index in [1.165, 1.54) is 11.3 Å². The molecule has 2 aliphatic heterocycles. The first-order chi connectivity index (χ1) is 14.5. The van der Waals surface area contributed by atoms with Crippen molar-refractivity contribution in [2.45, 2.75) is 44.8 Å². The van der Waals surface area contributed by atoms with E-state index < -0.39 is 0 Å². The monoisotopic (exact) mass is 486 g/mol. The topological polar surface area (TPSA) is 78.4 Å². The number of ether oxygens (including phenoxy) is 2. The van der Waals surface area contributed by atoms with Gasteiger partial charge in [0.1, 0.15) is 10.8 Å². The minimum absolute atomic E-state index is 0.00881. The van der Waals surface area contributed by atoms with E-state index in [2.05, 4.69) is 20.9 Å². The van der Waals surface area contributed by atoms with Gasteiger partial charge in [-0.3, -0.25) is 14.6 Å². The number of hydrogen-bond acceptors (Lipinski definition) is 7. The van der Waals surface area contributed by atoms with Gasteiger partial charge >= 0.3 is 5.97 Å². The Kier molecular flexibility index (Phi) is 4.27. The fraction of sp³-hybridized carbons (Fsp3) is 0.455. The SMILES string of the molecule is Cc1sc(-c2ccc(Br)cn2)nc1C1=C(OC(=O)C2CC2)[C@@H]2[C@H](C1=O)[C@H]1CC[C@@H]2O1. The zero-order valence-electron chi connectivity index (χ0n) is 16.3. The molecule has 1 saturated carbocycles. The van der Waals surface area contributed by atoms with Crippen molar-refractivity contribution in [2.75, 3.05) is 0 Å². The van der Waals surface area contributed by atoms with Crippen LogP contribution in [-0.2, 0) is 19.1 Å². The van der Waals surface area contributed by atoms with Crippen LogP contribution in [0.5, 0.6) is 0 Å². The van der Waals surface area contributed by atoms with Gasteiger partial charge in [-0.15, -0.1) is 11.3 Å². The Morgan fingerprint density at radius 3 is 2.67 bits per heavy atom. The Balaban J connectivity index is 1.45. The molecule has 2 bridgehead atoms. The maximum atomic E-state index is 13.5. The molecule has 6 rings (SSSR count). The van der Waals surface area contributed by atoms with E-state index in [0.29, 0.717) is 17.0 Å². The summed E-state index contributed by atoms with van der Waals surface area (Å²) >= 11 is 4.90. The van der Waals surface area contributed by atoms with Gasteiger partial charge in [0.25, 0.3) is 0 Å².